The Labute approximate surface area is 169 Å². The van der Waals surface area contributed by atoms with Gasteiger partial charge in [0.15, 0.2) is 6.61 Å². The third kappa shape index (κ3) is 4.54. The van der Waals surface area contributed by atoms with Gasteiger partial charge in [0, 0.05) is 30.6 Å². The molecule has 0 unspecified atom stereocenters. The molecule has 0 bridgehead atoms. The van der Waals surface area contributed by atoms with E-state index in [9.17, 15) is 9.59 Å². The predicted molar refractivity (Wildman–Crippen MR) is 112 cm³/mol. The number of anilines is 1. The Morgan fingerprint density at radius 3 is 2.59 bits per heavy atom. The number of pyridine rings is 1. The van der Waals surface area contributed by atoms with Gasteiger partial charge < -0.3 is 15.0 Å². The van der Waals surface area contributed by atoms with E-state index >= 15 is 0 Å². The van der Waals surface area contributed by atoms with E-state index in [1.807, 2.05) is 60.7 Å². The van der Waals surface area contributed by atoms with Crippen molar-refractivity contribution in [3.8, 4) is 5.75 Å². The highest BCUT2D eigenvalue weighted by Gasteiger charge is 2.27. The molecule has 2 heterocycles. The molecule has 0 atom stereocenters. The van der Waals surface area contributed by atoms with Crippen LogP contribution in [0, 0.1) is 5.92 Å². The van der Waals surface area contributed by atoms with Crippen molar-refractivity contribution in [2.24, 2.45) is 5.92 Å². The number of carbonyl (C=O) groups is 2. The van der Waals surface area contributed by atoms with E-state index in [-0.39, 0.29) is 24.3 Å². The van der Waals surface area contributed by atoms with Gasteiger partial charge in [-0.1, -0.05) is 24.3 Å². The average Bonchev–Trinajstić information content (AvgIpc) is 2.78. The lowest BCUT2D eigenvalue weighted by molar-refractivity contribution is -0.136. The number of hydrogen-bond acceptors (Lipinski definition) is 4. The number of carbonyl (C=O) groups excluding carboxylic acids is 2. The molecule has 4 rings (SSSR count). The minimum absolute atomic E-state index is 0.00557. The first-order valence-corrected chi connectivity index (χ1v) is 9.81. The molecule has 1 saturated heterocycles. The molecule has 0 saturated carbocycles. The van der Waals surface area contributed by atoms with Crippen molar-refractivity contribution in [1.29, 1.82) is 0 Å². The van der Waals surface area contributed by atoms with E-state index in [1.54, 1.807) is 11.1 Å². The molecule has 1 aliphatic rings. The molecule has 148 valence electrons. The normalized spacial score (nSPS) is 14.6. The van der Waals surface area contributed by atoms with Crippen molar-refractivity contribution in [1.82, 2.24) is 9.88 Å². The molecule has 29 heavy (non-hydrogen) atoms. The number of para-hydroxylation sites is 1. The summed E-state index contributed by atoms with van der Waals surface area (Å²) in [6, 6.07) is 18.8. The molecular formula is C23H23N3O3. The fourth-order valence-electron chi connectivity index (χ4n) is 3.59. The quantitative estimate of drug-likeness (QED) is 0.725. The van der Waals surface area contributed by atoms with Gasteiger partial charge in [-0.3, -0.25) is 14.6 Å². The highest BCUT2D eigenvalue weighted by molar-refractivity contribution is 6.01. The van der Waals surface area contributed by atoms with E-state index in [4.69, 9.17) is 4.74 Å². The van der Waals surface area contributed by atoms with Crippen molar-refractivity contribution in [2.75, 3.05) is 25.0 Å². The van der Waals surface area contributed by atoms with Crippen LogP contribution in [0.15, 0.2) is 66.9 Å². The van der Waals surface area contributed by atoms with E-state index in [1.165, 1.54) is 0 Å². The number of ether oxygens (including phenoxy) is 1. The van der Waals surface area contributed by atoms with E-state index < -0.39 is 0 Å². The molecule has 1 aliphatic heterocycles. The highest BCUT2D eigenvalue weighted by Crippen LogP contribution is 2.24. The lowest BCUT2D eigenvalue weighted by atomic mass is 9.95. The van der Waals surface area contributed by atoms with E-state index in [2.05, 4.69) is 10.3 Å². The summed E-state index contributed by atoms with van der Waals surface area (Å²) < 4.78 is 5.54. The number of benzene rings is 2. The molecule has 3 aromatic rings. The lowest BCUT2D eigenvalue weighted by Crippen LogP contribution is -2.43. The number of piperidine rings is 1. The SMILES string of the molecule is O=C(Nc1cccc2ncccc12)C1CCN(C(=O)COc2ccccc2)CC1. The van der Waals surface area contributed by atoms with Crippen molar-refractivity contribution >= 4 is 28.4 Å². The monoisotopic (exact) mass is 389 g/mol. The van der Waals surface area contributed by atoms with Crippen molar-refractivity contribution in [3.05, 3.63) is 66.9 Å². The van der Waals surface area contributed by atoms with Gasteiger partial charge in [0.05, 0.1) is 11.2 Å². The fraction of sp³-hybridized carbons (Fsp3) is 0.261. The summed E-state index contributed by atoms with van der Waals surface area (Å²) in [5, 5.41) is 3.96. The number of nitrogens with zero attached hydrogens (tertiary/aromatic N) is 2. The molecule has 0 aliphatic carbocycles. The molecule has 1 aromatic heterocycles. The Balaban J connectivity index is 1.30. The van der Waals surface area contributed by atoms with Crippen LogP contribution in [0.5, 0.6) is 5.75 Å². The number of likely N-dealkylation sites (tertiary alicyclic amines) is 1. The summed E-state index contributed by atoms with van der Waals surface area (Å²) in [5.74, 6) is 0.516. The zero-order valence-corrected chi connectivity index (χ0v) is 16.1. The molecule has 2 amide bonds. The van der Waals surface area contributed by atoms with Crippen LogP contribution in [-0.2, 0) is 9.59 Å². The summed E-state index contributed by atoms with van der Waals surface area (Å²) in [6.45, 7) is 1.14. The van der Waals surface area contributed by atoms with Gasteiger partial charge in [-0.05, 0) is 49.2 Å². The maximum atomic E-state index is 12.7. The smallest absolute Gasteiger partial charge is 0.260 e. The Morgan fingerprint density at radius 1 is 1.00 bits per heavy atom. The van der Waals surface area contributed by atoms with Crippen LogP contribution in [-0.4, -0.2) is 41.4 Å². The van der Waals surface area contributed by atoms with Crippen LogP contribution in [0.1, 0.15) is 12.8 Å². The third-order valence-corrected chi connectivity index (χ3v) is 5.23. The van der Waals surface area contributed by atoms with Crippen LogP contribution in [0.3, 0.4) is 0 Å². The van der Waals surface area contributed by atoms with Crippen LogP contribution in [0.25, 0.3) is 10.9 Å². The summed E-state index contributed by atoms with van der Waals surface area (Å²) >= 11 is 0. The standard InChI is InChI=1S/C23H23N3O3/c27-22(16-29-18-6-2-1-3-7-18)26-14-11-17(12-15-26)23(28)25-21-10-4-9-20-19(21)8-5-13-24-20/h1-10,13,17H,11-12,14-16H2,(H,25,28). The number of amides is 2. The van der Waals surface area contributed by atoms with E-state index in [0.717, 1.165) is 16.6 Å². The van der Waals surface area contributed by atoms with Gasteiger partial charge >= 0.3 is 0 Å². The third-order valence-electron chi connectivity index (χ3n) is 5.23. The maximum absolute atomic E-state index is 12.7. The van der Waals surface area contributed by atoms with Gasteiger partial charge in [0.25, 0.3) is 5.91 Å². The number of rotatable bonds is 5. The Kier molecular flexibility index (Phi) is 5.70. The highest BCUT2D eigenvalue weighted by atomic mass is 16.5. The minimum atomic E-state index is -0.110. The molecule has 2 aromatic carbocycles. The molecule has 0 radical (unpaired) electrons. The summed E-state index contributed by atoms with van der Waals surface area (Å²) in [4.78, 5) is 31.2. The van der Waals surface area contributed by atoms with E-state index in [0.29, 0.717) is 31.7 Å². The number of fused-ring (bicyclic) bond motifs is 1. The maximum Gasteiger partial charge on any atom is 0.260 e. The average molecular weight is 389 g/mol. The first kappa shape index (κ1) is 18.9. The van der Waals surface area contributed by atoms with Gasteiger partial charge in [-0.25, -0.2) is 0 Å². The Bertz CT molecular complexity index is 993. The zero-order valence-electron chi connectivity index (χ0n) is 16.1. The summed E-state index contributed by atoms with van der Waals surface area (Å²) in [6.07, 6.45) is 3.03. The first-order valence-electron chi connectivity index (χ1n) is 9.81. The zero-order chi connectivity index (χ0) is 20.1. The summed E-state index contributed by atoms with van der Waals surface area (Å²) in [5.41, 5.74) is 1.62. The predicted octanol–water partition coefficient (Wildman–Crippen LogP) is 3.49. The van der Waals surface area contributed by atoms with Crippen LogP contribution >= 0.6 is 0 Å². The molecule has 6 nitrogen and oxygen atoms in total. The van der Waals surface area contributed by atoms with Crippen LogP contribution in [0.2, 0.25) is 0 Å². The van der Waals surface area contributed by atoms with Crippen molar-refractivity contribution < 1.29 is 14.3 Å². The number of aromatic nitrogens is 1. The van der Waals surface area contributed by atoms with Gasteiger partial charge in [-0.15, -0.1) is 0 Å². The largest absolute Gasteiger partial charge is 0.484 e. The van der Waals surface area contributed by atoms with Crippen molar-refractivity contribution in [2.45, 2.75) is 12.8 Å². The lowest BCUT2D eigenvalue weighted by Gasteiger charge is -2.31. The molecule has 1 fully saturated rings. The van der Waals surface area contributed by atoms with Crippen molar-refractivity contribution in [3.63, 3.8) is 0 Å². The first-order chi connectivity index (χ1) is 14.2. The number of nitrogens with one attached hydrogen (secondary N) is 1. The van der Waals surface area contributed by atoms with Gasteiger partial charge in [0.1, 0.15) is 5.75 Å². The Morgan fingerprint density at radius 2 is 1.79 bits per heavy atom. The molecule has 0 spiro atoms. The fourth-order valence-corrected chi connectivity index (χ4v) is 3.59. The van der Waals surface area contributed by atoms with Gasteiger partial charge in [-0.2, -0.15) is 0 Å². The molecular weight excluding hydrogens is 366 g/mol. The van der Waals surface area contributed by atoms with Gasteiger partial charge in [0.2, 0.25) is 5.91 Å². The molecule has 6 heteroatoms. The van der Waals surface area contributed by atoms with Crippen LogP contribution in [0.4, 0.5) is 5.69 Å². The second kappa shape index (κ2) is 8.73. The van der Waals surface area contributed by atoms with Crippen LogP contribution < -0.4 is 10.1 Å². The topological polar surface area (TPSA) is 71.5 Å². The minimum Gasteiger partial charge on any atom is -0.484 e. The second-order valence-electron chi connectivity index (χ2n) is 7.12. The number of hydrogen-bond donors (Lipinski definition) is 1. The summed E-state index contributed by atoms with van der Waals surface area (Å²) in [7, 11) is 0. The second-order valence-corrected chi connectivity index (χ2v) is 7.12. The Hall–Kier alpha value is -3.41. The molecule has 1 N–H and O–H groups in total.